The van der Waals surface area contributed by atoms with Crippen LogP contribution in [0.1, 0.15) is 6.42 Å². The first-order chi connectivity index (χ1) is 9.27. The molecule has 22 heavy (non-hydrogen) atoms. The van der Waals surface area contributed by atoms with Gasteiger partial charge in [0.05, 0.1) is 15.9 Å². The van der Waals surface area contributed by atoms with Crippen molar-refractivity contribution in [3.63, 3.8) is 0 Å². The quantitative estimate of drug-likeness (QED) is 0.212. The topological polar surface area (TPSA) is 89.5 Å². The second kappa shape index (κ2) is 9.81. The van der Waals surface area contributed by atoms with Crippen LogP contribution in [-0.4, -0.2) is 68.3 Å². The summed E-state index contributed by atoms with van der Waals surface area (Å²) >= 11 is 0. The van der Waals surface area contributed by atoms with E-state index in [-0.39, 0.29) is 70.9 Å². The van der Waals surface area contributed by atoms with Crippen LogP contribution in [-0.2, 0) is 14.9 Å². The van der Waals surface area contributed by atoms with Gasteiger partial charge < -0.3 is 14.8 Å². The summed E-state index contributed by atoms with van der Waals surface area (Å²) in [6.45, 7) is -0.454. The maximum absolute atomic E-state index is 12.5. The van der Waals surface area contributed by atoms with Gasteiger partial charge in [0.15, 0.2) is 0 Å². The van der Waals surface area contributed by atoms with E-state index >= 15 is 0 Å². The van der Waals surface area contributed by atoms with Crippen LogP contribution >= 0.6 is 0 Å². The Morgan fingerprint density at radius 3 is 2.09 bits per heavy atom. The standard InChI is InChI=1S/C9H15F5N2O4S.K/c1-16(5-6-21(18,19)20)4-2-3-15-7(17)8(10,11)9(12,13)14;/h2-6H2,1H3,(H,15,17)(H,18,19,20);/q;+1/p-1. The Labute approximate surface area is 167 Å². The van der Waals surface area contributed by atoms with Gasteiger partial charge in [-0.05, 0) is 20.0 Å². The van der Waals surface area contributed by atoms with Crippen molar-refractivity contribution in [2.45, 2.75) is 18.5 Å². The first-order valence-corrected chi connectivity index (χ1v) is 7.20. The number of carbonyl (C=O) groups excluding carboxylic acids is 1. The first kappa shape index (κ1) is 24.9. The number of carbonyl (C=O) groups is 1. The third-order valence-electron chi connectivity index (χ3n) is 2.37. The van der Waals surface area contributed by atoms with Crippen molar-refractivity contribution in [1.82, 2.24) is 10.2 Å². The molecule has 0 aliphatic heterocycles. The number of amides is 1. The average Bonchev–Trinajstić information content (AvgIpc) is 2.29. The van der Waals surface area contributed by atoms with Gasteiger partial charge in [-0.25, -0.2) is 8.42 Å². The number of nitrogens with zero attached hydrogens (tertiary/aromatic N) is 1. The van der Waals surface area contributed by atoms with Crippen LogP contribution in [0.3, 0.4) is 0 Å². The number of alkyl halides is 5. The molecule has 0 unspecified atom stereocenters. The number of hydrogen-bond acceptors (Lipinski definition) is 5. The third-order valence-corrected chi connectivity index (χ3v) is 3.05. The monoisotopic (exact) mass is 380 g/mol. The fourth-order valence-corrected chi connectivity index (χ4v) is 1.71. The van der Waals surface area contributed by atoms with Crippen LogP contribution in [0.15, 0.2) is 0 Å². The summed E-state index contributed by atoms with van der Waals surface area (Å²) in [4.78, 5) is 12.1. The van der Waals surface area contributed by atoms with Gasteiger partial charge in [0.1, 0.15) is 0 Å². The summed E-state index contributed by atoms with van der Waals surface area (Å²) in [6.07, 6.45) is -5.95. The van der Waals surface area contributed by atoms with Crippen molar-refractivity contribution in [2.75, 3.05) is 32.4 Å². The van der Waals surface area contributed by atoms with Gasteiger partial charge in [-0.3, -0.25) is 4.79 Å². The molecule has 0 rings (SSSR count). The second-order valence-electron chi connectivity index (χ2n) is 4.25. The summed E-state index contributed by atoms with van der Waals surface area (Å²) < 4.78 is 91.5. The molecule has 0 radical (unpaired) electrons. The van der Waals surface area contributed by atoms with E-state index in [0.29, 0.717) is 0 Å². The van der Waals surface area contributed by atoms with Gasteiger partial charge in [0.25, 0.3) is 5.91 Å². The Balaban J connectivity index is 0. The zero-order valence-corrected chi connectivity index (χ0v) is 15.9. The molecule has 6 nitrogen and oxygen atoms in total. The molecule has 0 atom stereocenters. The van der Waals surface area contributed by atoms with Crippen LogP contribution in [0.4, 0.5) is 22.0 Å². The zero-order valence-electron chi connectivity index (χ0n) is 11.9. The minimum atomic E-state index is -5.96. The molecule has 0 bridgehead atoms. The summed E-state index contributed by atoms with van der Waals surface area (Å²) in [5.74, 6) is -8.56. The fraction of sp³-hybridized carbons (Fsp3) is 0.889. The summed E-state index contributed by atoms with van der Waals surface area (Å²) in [5.41, 5.74) is 0. The average molecular weight is 380 g/mol. The van der Waals surface area contributed by atoms with Crippen molar-refractivity contribution < 1.29 is 91.1 Å². The fourth-order valence-electron chi connectivity index (χ4n) is 1.17. The van der Waals surface area contributed by atoms with E-state index in [9.17, 15) is 39.7 Å². The predicted octanol–water partition coefficient (Wildman–Crippen LogP) is -2.83. The van der Waals surface area contributed by atoms with E-state index in [1.54, 1.807) is 0 Å². The predicted molar refractivity (Wildman–Crippen MR) is 60.7 cm³/mol. The van der Waals surface area contributed by atoms with E-state index in [1.807, 2.05) is 0 Å². The molecule has 126 valence electrons. The summed E-state index contributed by atoms with van der Waals surface area (Å²) in [5, 5.41) is 1.44. The minimum Gasteiger partial charge on any atom is -0.748 e. The number of halogens is 5. The molecule has 0 aromatic rings. The van der Waals surface area contributed by atoms with Gasteiger partial charge in [-0.15, -0.1) is 0 Å². The van der Waals surface area contributed by atoms with Crippen molar-refractivity contribution in [2.24, 2.45) is 0 Å². The Bertz CT molecular complexity index is 457. The maximum Gasteiger partial charge on any atom is 1.00 e. The Morgan fingerprint density at radius 2 is 1.68 bits per heavy atom. The summed E-state index contributed by atoms with van der Waals surface area (Å²) in [7, 11) is -2.96. The van der Waals surface area contributed by atoms with Gasteiger partial charge in [-0.2, -0.15) is 22.0 Å². The smallest absolute Gasteiger partial charge is 0.748 e. The van der Waals surface area contributed by atoms with Crippen LogP contribution in [0.25, 0.3) is 0 Å². The molecule has 0 saturated heterocycles. The van der Waals surface area contributed by atoms with Crippen molar-refractivity contribution in [3.8, 4) is 0 Å². The molecule has 0 aliphatic rings. The van der Waals surface area contributed by atoms with E-state index in [1.165, 1.54) is 17.3 Å². The molecule has 0 spiro atoms. The normalized spacial score (nSPS) is 12.9. The molecule has 1 amide bonds. The molecule has 0 aliphatic carbocycles. The molecule has 0 saturated carbocycles. The van der Waals surface area contributed by atoms with Gasteiger partial charge in [0.2, 0.25) is 0 Å². The van der Waals surface area contributed by atoms with Gasteiger partial charge in [-0.1, -0.05) is 0 Å². The van der Waals surface area contributed by atoms with Crippen molar-refractivity contribution in [3.05, 3.63) is 0 Å². The van der Waals surface area contributed by atoms with Crippen molar-refractivity contribution in [1.29, 1.82) is 0 Å². The first-order valence-electron chi connectivity index (χ1n) is 5.62. The minimum absolute atomic E-state index is 0. The van der Waals surface area contributed by atoms with Crippen molar-refractivity contribution >= 4 is 16.0 Å². The third kappa shape index (κ3) is 9.70. The molecule has 0 fully saturated rings. The Morgan fingerprint density at radius 1 is 1.18 bits per heavy atom. The van der Waals surface area contributed by atoms with Crippen LogP contribution in [0.5, 0.6) is 0 Å². The number of rotatable bonds is 8. The van der Waals surface area contributed by atoms with Gasteiger partial charge in [0, 0.05) is 13.1 Å². The molecule has 13 heteroatoms. The number of hydrogen-bond donors (Lipinski definition) is 1. The van der Waals surface area contributed by atoms with E-state index in [2.05, 4.69) is 0 Å². The van der Waals surface area contributed by atoms with E-state index in [4.69, 9.17) is 0 Å². The largest absolute Gasteiger partial charge is 1.00 e. The molecular formula is C9H14F5KN2O4S. The zero-order chi connectivity index (χ0) is 16.9. The van der Waals surface area contributed by atoms with E-state index < -0.39 is 40.4 Å². The molecule has 0 aromatic heterocycles. The van der Waals surface area contributed by atoms with Gasteiger partial charge >= 0.3 is 63.5 Å². The summed E-state index contributed by atoms with van der Waals surface area (Å²) in [6, 6.07) is 0. The molecule has 1 N–H and O–H groups in total. The van der Waals surface area contributed by atoms with Crippen LogP contribution in [0.2, 0.25) is 0 Å². The van der Waals surface area contributed by atoms with Crippen LogP contribution < -0.4 is 56.7 Å². The Hall–Kier alpha value is 0.626. The SMILES string of the molecule is CN(CCCNC(=O)C(F)(F)C(F)(F)F)CCS(=O)(=O)[O-].[K+]. The maximum atomic E-state index is 12.5. The second-order valence-corrected chi connectivity index (χ2v) is 5.77. The Kier molecular flexibility index (Phi) is 11.1. The number of nitrogens with one attached hydrogen (secondary N) is 1. The molecule has 0 heterocycles. The molecular weight excluding hydrogens is 366 g/mol. The van der Waals surface area contributed by atoms with E-state index in [0.717, 1.165) is 0 Å². The molecule has 0 aromatic carbocycles. The van der Waals surface area contributed by atoms with Crippen LogP contribution in [0, 0.1) is 0 Å².